The van der Waals surface area contributed by atoms with Gasteiger partial charge in [0.25, 0.3) is 16.3 Å². The molecule has 0 unspecified atom stereocenters. The topological polar surface area (TPSA) is 112 Å². The van der Waals surface area contributed by atoms with Gasteiger partial charge < -0.3 is 4.55 Å². The monoisotopic (exact) mass is 433 g/mol. The van der Waals surface area contributed by atoms with Crippen molar-refractivity contribution >= 4 is 39.4 Å². The van der Waals surface area contributed by atoms with Crippen molar-refractivity contribution in [3.63, 3.8) is 0 Å². The van der Waals surface area contributed by atoms with Gasteiger partial charge in [0.05, 0.1) is 5.71 Å². The molecule has 8 nitrogen and oxygen atoms in total. The van der Waals surface area contributed by atoms with Crippen molar-refractivity contribution in [3.8, 4) is 0 Å². The first-order valence-electron chi connectivity index (χ1n) is 7.52. The number of amides is 1. The molecule has 0 bridgehead atoms. The molecule has 0 fully saturated rings. The average molecular weight is 434 g/mol. The van der Waals surface area contributed by atoms with Crippen molar-refractivity contribution in [2.45, 2.75) is 13.3 Å². The van der Waals surface area contributed by atoms with Gasteiger partial charge in [-0.1, -0.05) is 35.0 Å². The van der Waals surface area contributed by atoms with E-state index in [9.17, 15) is 17.8 Å². The Morgan fingerprint density at radius 2 is 2.00 bits per heavy atom. The number of pyridine rings is 1. The van der Waals surface area contributed by atoms with Gasteiger partial charge in [0.15, 0.2) is 0 Å². The number of anilines is 1. The first-order chi connectivity index (χ1) is 12.3. The average Bonchev–Trinajstić information content (AvgIpc) is 2.58. The largest absolute Gasteiger partial charge is 1.00 e. The van der Waals surface area contributed by atoms with Crippen molar-refractivity contribution in [2.24, 2.45) is 5.16 Å². The number of halogens is 1. The van der Waals surface area contributed by atoms with Crippen molar-refractivity contribution < 1.29 is 73.4 Å². The Morgan fingerprint density at radius 3 is 2.67 bits per heavy atom. The molecule has 0 aliphatic carbocycles. The normalized spacial score (nSPS) is 15.1. The summed E-state index contributed by atoms with van der Waals surface area (Å²) in [4.78, 5) is 18.6. The van der Waals surface area contributed by atoms with E-state index in [1.807, 2.05) is 19.1 Å². The Kier molecular flexibility index (Phi) is 7.56. The summed E-state index contributed by atoms with van der Waals surface area (Å²) < 4.78 is 35.9. The number of nitrogens with zero attached hydrogens (tertiary/aromatic N) is 3. The summed E-state index contributed by atoms with van der Waals surface area (Å²) in [6.45, 7) is 2.00. The van der Waals surface area contributed by atoms with Crippen LogP contribution in [0.3, 0.4) is 0 Å². The molecule has 136 valence electrons. The SMILES string of the molecule is Cc1ccccc1C(=O)N1CC/C(=N/OS(=O)(=O)[O-])c2ccc(Cl)nc21.[K+]. The summed E-state index contributed by atoms with van der Waals surface area (Å²) in [6, 6.07) is 10.1. The van der Waals surface area contributed by atoms with Gasteiger partial charge in [-0.25, -0.2) is 4.98 Å². The van der Waals surface area contributed by atoms with E-state index in [0.29, 0.717) is 11.1 Å². The van der Waals surface area contributed by atoms with Crippen LogP contribution < -0.4 is 56.3 Å². The Morgan fingerprint density at radius 1 is 1.30 bits per heavy atom. The number of hydrogen-bond acceptors (Lipinski definition) is 7. The molecule has 0 spiro atoms. The standard InChI is InChI=1S/C16H14ClN3O5S.K/c1-10-4-2-3-5-11(10)16(21)20-9-8-13(19-25-26(22,23)24)12-6-7-14(17)18-15(12)20;/h2-7H,8-9H2,1H3,(H,22,23,24);/q;+1/p-1/b19-13-;. The molecule has 0 radical (unpaired) electrons. The van der Waals surface area contributed by atoms with E-state index < -0.39 is 10.4 Å². The molecule has 1 aliphatic rings. The van der Waals surface area contributed by atoms with Gasteiger partial charge in [-0.05, 0) is 30.7 Å². The minimum Gasteiger partial charge on any atom is -0.714 e. The van der Waals surface area contributed by atoms with Crippen LogP contribution in [-0.2, 0) is 14.7 Å². The zero-order valence-electron chi connectivity index (χ0n) is 14.5. The number of carbonyl (C=O) groups is 1. The number of hydrogen-bond donors (Lipinski definition) is 0. The quantitative estimate of drug-likeness (QED) is 0.207. The molecule has 1 aromatic carbocycles. The second-order valence-electron chi connectivity index (χ2n) is 5.55. The summed E-state index contributed by atoms with van der Waals surface area (Å²) in [5.74, 6) is -0.0434. The van der Waals surface area contributed by atoms with Crippen molar-refractivity contribution in [1.82, 2.24) is 4.98 Å². The number of aryl methyl sites for hydroxylation is 1. The number of rotatable bonds is 3. The van der Waals surface area contributed by atoms with Crippen LogP contribution in [0.25, 0.3) is 0 Å². The molecule has 1 aliphatic heterocycles. The smallest absolute Gasteiger partial charge is 0.714 e. The van der Waals surface area contributed by atoms with Crippen LogP contribution in [0.4, 0.5) is 5.82 Å². The second kappa shape index (κ2) is 9.10. The molecule has 0 saturated carbocycles. The summed E-state index contributed by atoms with van der Waals surface area (Å²) in [7, 11) is -4.98. The molecular formula is C16H13ClKN3O5S. The minimum atomic E-state index is -4.98. The van der Waals surface area contributed by atoms with E-state index >= 15 is 0 Å². The molecule has 0 atom stereocenters. The third-order valence-electron chi connectivity index (χ3n) is 3.84. The zero-order chi connectivity index (χ0) is 18.9. The van der Waals surface area contributed by atoms with Crippen LogP contribution in [-0.4, -0.2) is 36.1 Å². The van der Waals surface area contributed by atoms with Gasteiger partial charge >= 0.3 is 51.4 Å². The van der Waals surface area contributed by atoms with Crippen molar-refractivity contribution in [2.75, 3.05) is 11.4 Å². The first-order valence-corrected chi connectivity index (χ1v) is 9.23. The maximum Gasteiger partial charge on any atom is 1.00 e. The van der Waals surface area contributed by atoms with Crippen LogP contribution in [0.15, 0.2) is 41.6 Å². The molecule has 0 N–H and O–H groups in total. The number of fused-ring (bicyclic) bond motifs is 1. The maximum atomic E-state index is 12.9. The fraction of sp³-hybridized carbons (Fsp3) is 0.188. The van der Waals surface area contributed by atoms with Gasteiger partial charge in [0.1, 0.15) is 11.0 Å². The molecule has 3 rings (SSSR count). The van der Waals surface area contributed by atoms with E-state index in [2.05, 4.69) is 14.4 Å². The van der Waals surface area contributed by atoms with Gasteiger partial charge in [0.2, 0.25) is 0 Å². The molecular weight excluding hydrogens is 421 g/mol. The predicted molar refractivity (Wildman–Crippen MR) is 94.0 cm³/mol. The fourth-order valence-electron chi connectivity index (χ4n) is 2.66. The van der Waals surface area contributed by atoms with Crippen LogP contribution in [0, 0.1) is 6.92 Å². The third-order valence-corrected chi connectivity index (χ3v) is 4.31. The van der Waals surface area contributed by atoms with Gasteiger partial charge in [-0.3, -0.25) is 14.0 Å². The molecule has 1 amide bonds. The Hall–Kier alpha value is -0.854. The van der Waals surface area contributed by atoms with E-state index in [0.717, 1.165) is 5.56 Å². The van der Waals surface area contributed by atoms with E-state index in [4.69, 9.17) is 11.6 Å². The fourth-order valence-corrected chi connectivity index (χ4v) is 2.98. The van der Waals surface area contributed by atoms with Gasteiger partial charge in [0, 0.05) is 24.1 Å². The maximum absolute atomic E-state index is 12.9. The van der Waals surface area contributed by atoms with Crippen molar-refractivity contribution in [3.05, 3.63) is 58.2 Å². The third kappa shape index (κ3) is 5.36. The minimum absolute atomic E-state index is 0. The second-order valence-corrected chi connectivity index (χ2v) is 6.90. The predicted octanol–water partition coefficient (Wildman–Crippen LogP) is -0.721. The van der Waals surface area contributed by atoms with Crippen molar-refractivity contribution in [1.29, 1.82) is 0 Å². The number of benzene rings is 1. The number of carbonyl (C=O) groups excluding carboxylic acids is 1. The summed E-state index contributed by atoms with van der Waals surface area (Å²) in [6.07, 6.45) is 0.184. The Balaban J connectivity index is 0.00000261. The van der Waals surface area contributed by atoms with Gasteiger partial charge in [-0.2, -0.15) is 8.42 Å². The molecule has 27 heavy (non-hydrogen) atoms. The van der Waals surface area contributed by atoms with Gasteiger partial charge in [-0.15, -0.1) is 0 Å². The summed E-state index contributed by atoms with van der Waals surface area (Å²) in [5.41, 5.74) is 1.88. The molecule has 0 saturated heterocycles. The first kappa shape index (κ1) is 22.4. The number of oxime groups is 1. The summed E-state index contributed by atoms with van der Waals surface area (Å²) >= 11 is 5.96. The van der Waals surface area contributed by atoms with E-state index in [1.165, 1.54) is 11.0 Å². The van der Waals surface area contributed by atoms with Crippen LogP contribution in [0.5, 0.6) is 0 Å². The Labute approximate surface area is 203 Å². The van der Waals surface area contributed by atoms with E-state index in [1.54, 1.807) is 18.2 Å². The Bertz CT molecular complexity index is 1010. The zero-order valence-corrected chi connectivity index (χ0v) is 19.2. The number of aromatic nitrogens is 1. The molecule has 1 aromatic heterocycles. The van der Waals surface area contributed by atoms with E-state index in [-0.39, 0.29) is 86.9 Å². The molecule has 2 heterocycles. The molecule has 11 heteroatoms. The van der Waals surface area contributed by atoms with Crippen LogP contribution in [0.1, 0.15) is 27.9 Å². The molecule has 2 aromatic rings. The summed E-state index contributed by atoms with van der Waals surface area (Å²) in [5, 5.41) is 3.56. The van der Waals surface area contributed by atoms with Crippen LogP contribution in [0.2, 0.25) is 5.15 Å². The van der Waals surface area contributed by atoms with Crippen LogP contribution >= 0.6 is 11.6 Å².